The number of anilines is 1. The van der Waals surface area contributed by atoms with Crippen molar-refractivity contribution < 1.29 is 13.9 Å². The van der Waals surface area contributed by atoms with Crippen LogP contribution in [-0.2, 0) is 11.2 Å². The van der Waals surface area contributed by atoms with Gasteiger partial charge in [-0.3, -0.25) is 4.98 Å². The smallest absolute Gasteiger partial charge is 0.337 e. The van der Waals surface area contributed by atoms with Crippen LogP contribution in [0.1, 0.15) is 46.4 Å². The molecule has 35 heavy (non-hydrogen) atoms. The lowest BCUT2D eigenvalue weighted by Gasteiger charge is -2.26. The first-order valence-electron chi connectivity index (χ1n) is 11.5. The van der Waals surface area contributed by atoms with E-state index in [9.17, 15) is 4.79 Å². The molecule has 1 saturated heterocycles. The second-order valence-electron chi connectivity index (χ2n) is 8.29. The monoisotopic (exact) mass is 483 g/mol. The highest BCUT2D eigenvalue weighted by molar-refractivity contribution is 7.80. The first-order valence-corrected chi connectivity index (χ1v) is 11.9. The number of carbonyl (C=O) groups is 1. The lowest BCUT2D eigenvalue weighted by Crippen LogP contribution is -2.29. The lowest BCUT2D eigenvalue weighted by atomic mass is 10.0. The number of benzene rings is 2. The zero-order valence-electron chi connectivity index (χ0n) is 19.5. The highest BCUT2D eigenvalue weighted by atomic mass is 32.1. The van der Waals surface area contributed by atoms with Crippen molar-refractivity contribution in [2.75, 3.05) is 12.0 Å². The number of nitrogens with zero attached hydrogens (tertiary/aromatic N) is 2. The van der Waals surface area contributed by atoms with Crippen LogP contribution >= 0.6 is 12.2 Å². The summed E-state index contributed by atoms with van der Waals surface area (Å²) in [6.07, 6.45) is 2.76. The maximum absolute atomic E-state index is 11.8. The highest BCUT2D eigenvalue weighted by Crippen LogP contribution is 2.43. The summed E-state index contributed by atoms with van der Waals surface area (Å²) in [5, 5.41) is 4.08. The summed E-state index contributed by atoms with van der Waals surface area (Å²) in [5.74, 6) is 1.10. The Morgan fingerprint density at radius 3 is 2.49 bits per heavy atom. The van der Waals surface area contributed by atoms with Crippen LogP contribution in [0.3, 0.4) is 0 Å². The van der Waals surface area contributed by atoms with Gasteiger partial charge in [-0.25, -0.2) is 4.79 Å². The first kappa shape index (κ1) is 22.8. The molecule has 2 atom stereocenters. The number of carbonyl (C=O) groups excluding carboxylic acids is 1. The number of pyridine rings is 1. The SMILES string of the molecule is CCc1ccc(N2C(=S)N[C@@H](c3ccccn3)[C@H]2c2ccc(-c3ccc(C(=O)OC)cc3)o2)cc1. The summed E-state index contributed by atoms with van der Waals surface area (Å²) in [7, 11) is 1.37. The summed E-state index contributed by atoms with van der Waals surface area (Å²) < 4.78 is 11.2. The van der Waals surface area contributed by atoms with E-state index in [2.05, 4.69) is 46.4 Å². The molecule has 0 saturated carbocycles. The molecule has 0 spiro atoms. The van der Waals surface area contributed by atoms with Gasteiger partial charge in [0.25, 0.3) is 0 Å². The van der Waals surface area contributed by atoms with Gasteiger partial charge in [-0.05, 0) is 72.7 Å². The number of methoxy groups -OCH3 is 1. The van der Waals surface area contributed by atoms with Gasteiger partial charge in [-0.1, -0.05) is 37.3 Å². The first-order chi connectivity index (χ1) is 17.1. The molecule has 0 radical (unpaired) electrons. The molecule has 0 unspecified atom stereocenters. The third-order valence-electron chi connectivity index (χ3n) is 6.23. The maximum Gasteiger partial charge on any atom is 0.337 e. The Morgan fingerprint density at radius 1 is 1.06 bits per heavy atom. The number of rotatable bonds is 6. The summed E-state index contributed by atoms with van der Waals surface area (Å²) >= 11 is 5.79. The van der Waals surface area contributed by atoms with Crippen molar-refractivity contribution in [3.63, 3.8) is 0 Å². The molecule has 5 rings (SSSR count). The minimum atomic E-state index is -0.370. The molecule has 1 fully saturated rings. The largest absolute Gasteiger partial charge is 0.465 e. The number of esters is 1. The van der Waals surface area contributed by atoms with Crippen LogP contribution in [0.15, 0.2) is 89.5 Å². The van der Waals surface area contributed by atoms with E-state index in [1.165, 1.54) is 12.7 Å². The maximum atomic E-state index is 11.8. The van der Waals surface area contributed by atoms with Crippen molar-refractivity contribution in [1.29, 1.82) is 0 Å². The fourth-order valence-electron chi connectivity index (χ4n) is 4.37. The van der Waals surface area contributed by atoms with Crippen molar-refractivity contribution in [3.8, 4) is 11.3 Å². The quantitative estimate of drug-likeness (QED) is 0.272. The minimum absolute atomic E-state index is 0.185. The molecule has 2 aromatic heterocycles. The molecule has 1 aliphatic rings. The van der Waals surface area contributed by atoms with E-state index in [4.69, 9.17) is 21.4 Å². The van der Waals surface area contributed by atoms with Crippen molar-refractivity contribution in [3.05, 3.63) is 108 Å². The van der Waals surface area contributed by atoms with Crippen molar-refractivity contribution in [2.45, 2.75) is 25.4 Å². The van der Waals surface area contributed by atoms with E-state index in [0.717, 1.165) is 29.1 Å². The van der Waals surface area contributed by atoms with Crippen LogP contribution < -0.4 is 10.2 Å². The van der Waals surface area contributed by atoms with Crippen molar-refractivity contribution in [1.82, 2.24) is 10.3 Å². The number of furan rings is 1. The molecule has 6 nitrogen and oxygen atoms in total. The molecule has 3 heterocycles. The lowest BCUT2D eigenvalue weighted by molar-refractivity contribution is 0.0600. The zero-order valence-corrected chi connectivity index (χ0v) is 20.3. The van der Waals surface area contributed by atoms with Crippen LogP contribution in [0.4, 0.5) is 5.69 Å². The van der Waals surface area contributed by atoms with Gasteiger partial charge in [0.2, 0.25) is 0 Å². The third kappa shape index (κ3) is 4.42. The molecule has 0 aliphatic carbocycles. The van der Waals surface area contributed by atoms with Gasteiger partial charge in [0.1, 0.15) is 17.6 Å². The second kappa shape index (κ2) is 9.72. The summed E-state index contributed by atoms with van der Waals surface area (Å²) in [6, 6.07) is 25.0. The fraction of sp³-hybridized carbons (Fsp3) is 0.179. The van der Waals surface area contributed by atoms with Gasteiger partial charge >= 0.3 is 5.97 Å². The normalized spacial score (nSPS) is 17.3. The Balaban J connectivity index is 1.53. The van der Waals surface area contributed by atoms with E-state index in [1.807, 2.05) is 42.5 Å². The molecule has 1 aliphatic heterocycles. The van der Waals surface area contributed by atoms with Gasteiger partial charge < -0.3 is 19.4 Å². The van der Waals surface area contributed by atoms with E-state index >= 15 is 0 Å². The van der Waals surface area contributed by atoms with E-state index in [1.54, 1.807) is 18.3 Å². The van der Waals surface area contributed by atoms with Gasteiger partial charge in [-0.15, -0.1) is 0 Å². The Labute approximate surface area is 209 Å². The molecular weight excluding hydrogens is 458 g/mol. The van der Waals surface area contributed by atoms with Crippen LogP contribution in [-0.4, -0.2) is 23.2 Å². The highest BCUT2D eigenvalue weighted by Gasteiger charge is 2.42. The van der Waals surface area contributed by atoms with E-state index in [0.29, 0.717) is 16.4 Å². The van der Waals surface area contributed by atoms with Gasteiger partial charge in [0, 0.05) is 17.4 Å². The van der Waals surface area contributed by atoms with Crippen molar-refractivity contribution >= 4 is 29.0 Å². The molecule has 2 aromatic carbocycles. The molecule has 4 aromatic rings. The van der Waals surface area contributed by atoms with Gasteiger partial charge in [0.05, 0.1) is 24.4 Å². The average Bonchev–Trinajstić information content (AvgIpc) is 3.53. The fourth-order valence-corrected chi connectivity index (χ4v) is 4.72. The predicted octanol–water partition coefficient (Wildman–Crippen LogP) is 5.87. The second-order valence-corrected chi connectivity index (χ2v) is 8.67. The topological polar surface area (TPSA) is 67.6 Å². The van der Waals surface area contributed by atoms with Crippen LogP contribution in [0.2, 0.25) is 0 Å². The number of thiocarbonyl (C=S) groups is 1. The molecule has 1 N–H and O–H groups in total. The number of nitrogens with one attached hydrogen (secondary N) is 1. The minimum Gasteiger partial charge on any atom is -0.465 e. The number of hydrogen-bond acceptors (Lipinski definition) is 5. The Bertz CT molecular complexity index is 1330. The van der Waals surface area contributed by atoms with E-state index in [-0.39, 0.29) is 18.1 Å². The summed E-state index contributed by atoms with van der Waals surface area (Å²) in [4.78, 5) is 18.5. The summed E-state index contributed by atoms with van der Waals surface area (Å²) in [5.41, 5.74) is 4.49. The van der Waals surface area contributed by atoms with E-state index < -0.39 is 0 Å². The van der Waals surface area contributed by atoms with Gasteiger partial charge in [0.15, 0.2) is 5.11 Å². The average molecular weight is 484 g/mol. The Kier molecular flexibility index (Phi) is 6.33. The van der Waals surface area contributed by atoms with Crippen LogP contribution in [0, 0.1) is 0 Å². The molecule has 0 bridgehead atoms. The molecule has 0 amide bonds. The standard InChI is InChI=1S/C28H25N3O3S/c1-3-18-7-13-21(14-8-18)31-26(25(30-28(31)35)22-6-4-5-17-29-22)24-16-15-23(34-24)19-9-11-20(12-10-19)27(32)33-2/h4-17,25-26H,3H2,1-2H3,(H,30,35)/t25-,26+/m0/s1. The number of aromatic nitrogens is 1. The van der Waals surface area contributed by atoms with Crippen LogP contribution in [0.5, 0.6) is 0 Å². The summed E-state index contributed by atoms with van der Waals surface area (Å²) in [6.45, 7) is 2.14. The molecular formula is C28H25N3O3S. The molecule has 7 heteroatoms. The Morgan fingerprint density at radius 2 is 1.83 bits per heavy atom. The third-order valence-corrected chi connectivity index (χ3v) is 6.54. The van der Waals surface area contributed by atoms with Crippen LogP contribution in [0.25, 0.3) is 11.3 Å². The number of ether oxygens (including phenoxy) is 1. The Hall–Kier alpha value is -3.97. The zero-order chi connectivity index (χ0) is 24.4. The number of hydrogen-bond donors (Lipinski definition) is 1. The predicted molar refractivity (Wildman–Crippen MR) is 139 cm³/mol. The molecule has 176 valence electrons. The van der Waals surface area contributed by atoms with Gasteiger partial charge in [-0.2, -0.15) is 0 Å². The number of aryl methyl sites for hydroxylation is 1. The van der Waals surface area contributed by atoms with Crippen molar-refractivity contribution in [2.24, 2.45) is 0 Å².